The van der Waals surface area contributed by atoms with Crippen LogP contribution in [0.5, 0.6) is 5.75 Å². The molecule has 106 valence electrons. The highest BCUT2D eigenvalue weighted by Gasteiger charge is 2.14. The lowest BCUT2D eigenvalue weighted by atomic mass is 10.1. The Bertz CT molecular complexity index is 733. The maximum absolute atomic E-state index is 10.9. The largest absolute Gasteiger partial charge is 0.488 e. The van der Waals surface area contributed by atoms with Crippen LogP contribution in [-0.2, 0) is 6.61 Å². The zero-order valence-corrected chi connectivity index (χ0v) is 11.8. The van der Waals surface area contributed by atoms with Crippen LogP contribution in [0.3, 0.4) is 0 Å². The topological polar surface area (TPSA) is 76.2 Å². The molecule has 0 radical (unpaired) electrons. The summed E-state index contributed by atoms with van der Waals surface area (Å²) in [6, 6.07) is 12.2. The Balaban J connectivity index is 2.19. The first kappa shape index (κ1) is 14.5. The average molecular weight is 282 g/mol. The molecular weight excluding hydrogens is 268 g/mol. The number of hydrogen-bond donors (Lipinski definition) is 0. The molecule has 2 aromatic rings. The maximum atomic E-state index is 10.9. The molecule has 2 aromatic carbocycles. The molecule has 0 amide bonds. The van der Waals surface area contributed by atoms with Crippen molar-refractivity contribution in [2.75, 3.05) is 0 Å². The van der Waals surface area contributed by atoms with Crippen molar-refractivity contribution in [3.05, 3.63) is 68.8 Å². The van der Waals surface area contributed by atoms with Crippen LogP contribution in [0.2, 0.25) is 0 Å². The number of nitro benzene ring substituents is 1. The molecule has 0 saturated heterocycles. The van der Waals surface area contributed by atoms with Crippen molar-refractivity contribution in [1.82, 2.24) is 0 Å². The van der Waals surface area contributed by atoms with E-state index in [4.69, 9.17) is 10.00 Å². The van der Waals surface area contributed by atoms with Gasteiger partial charge < -0.3 is 4.74 Å². The van der Waals surface area contributed by atoms with Crippen molar-refractivity contribution in [2.45, 2.75) is 20.5 Å². The van der Waals surface area contributed by atoms with E-state index in [0.717, 1.165) is 11.1 Å². The summed E-state index contributed by atoms with van der Waals surface area (Å²) in [4.78, 5) is 10.5. The van der Waals surface area contributed by atoms with E-state index in [1.54, 1.807) is 31.2 Å². The van der Waals surface area contributed by atoms with E-state index in [1.807, 2.05) is 13.0 Å². The molecule has 0 aliphatic carbocycles. The van der Waals surface area contributed by atoms with Crippen LogP contribution in [0, 0.1) is 35.3 Å². The molecule has 0 N–H and O–H groups in total. The standard InChI is InChI=1S/C16H14N2O3/c1-11-8-13(9-17)6-7-14(11)10-21-16-5-3-4-15(12(16)2)18(19)20/h3-8H,10H2,1-2H3. The second kappa shape index (κ2) is 6.06. The van der Waals surface area contributed by atoms with Gasteiger partial charge in [-0.05, 0) is 43.2 Å². The predicted octanol–water partition coefficient (Wildman–Crippen LogP) is 3.66. The Labute approximate surface area is 122 Å². The fourth-order valence-corrected chi connectivity index (χ4v) is 2.04. The third-order valence-electron chi connectivity index (χ3n) is 3.31. The zero-order valence-electron chi connectivity index (χ0n) is 11.8. The maximum Gasteiger partial charge on any atom is 0.276 e. The van der Waals surface area contributed by atoms with Crippen LogP contribution in [0.15, 0.2) is 36.4 Å². The predicted molar refractivity (Wildman–Crippen MR) is 78.1 cm³/mol. The molecule has 2 rings (SSSR count). The molecule has 0 aliphatic heterocycles. The zero-order chi connectivity index (χ0) is 15.4. The molecule has 0 bridgehead atoms. The third kappa shape index (κ3) is 3.18. The summed E-state index contributed by atoms with van der Waals surface area (Å²) in [5.74, 6) is 0.493. The molecule has 0 saturated carbocycles. The van der Waals surface area contributed by atoms with E-state index in [2.05, 4.69) is 6.07 Å². The van der Waals surface area contributed by atoms with Crippen molar-refractivity contribution in [3.63, 3.8) is 0 Å². The minimum absolute atomic E-state index is 0.0454. The van der Waals surface area contributed by atoms with E-state index in [9.17, 15) is 10.1 Å². The summed E-state index contributed by atoms with van der Waals surface area (Å²) in [7, 11) is 0. The van der Waals surface area contributed by atoms with Gasteiger partial charge in [0, 0.05) is 6.07 Å². The number of nitriles is 1. The van der Waals surface area contributed by atoms with Gasteiger partial charge in [-0.2, -0.15) is 5.26 Å². The molecule has 5 heteroatoms. The molecule has 0 heterocycles. The molecule has 0 fully saturated rings. The van der Waals surface area contributed by atoms with Gasteiger partial charge in [-0.3, -0.25) is 10.1 Å². The quantitative estimate of drug-likeness (QED) is 0.633. The van der Waals surface area contributed by atoms with Crippen molar-refractivity contribution in [1.29, 1.82) is 5.26 Å². The van der Waals surface area contributed by atoms with Crippen molar-refractivity contribution >= 4 is 5.69 Å². The highest BCUT2D eigenvalue weighted by atomic mass is 16.6. The van der Waals surface area contributed by atoms with Gasteiger partial charge in [0.2, 0.25) is 0 Å². The number of rotatable bonds is 4. The minimum Gasteiger partial charge on any atom is -0.488 e. The molecule has 0 spiro atoms. The number of aryl methyl sites for hydroxylation is 1. The summed E-state index contributed by atoms with van der Waals surface area (Å²) in [5, 5.41) is 19.7. The Morgan fingerprint density at radius 1 is 1.29 bits per heavy atom. The van der Waals surface area contributed by atoms with Gasteiger partial charge in [-0.25, -0.2) is 0 Å². The van der Waals surface area contributed by atoms with Crippen LogP contribution in [0.1, 0.15) is 22.3 Å². The second-order valence-electron chi connectivity index (χ2n) is 4.70. The first-order valence-corrected chi connectivity index (χ1v) is 6.39. The first-order valence-electron chi connectivity index (χ1n) is 6.39. The fourth-order valence-electron chi connectivity index (χ4n) is 2.04. The SMILES string of the molecule is Cc1cc(C#N)ccc1COc1cccc([N+](=O)[O-])c1C. The van der Waals surface area contributed by atoms with Gasteiger partial charge in [0.1, 0.15) is 12.4 Å². The van der Waals surface area contributed by atoms with Crippen LogP contribution in [-0.4, -0.2) is 4.92 Å². The average Bonchev–Trinajstić information content (AvgIpc) is 2.46. The van der Waals surface area contributed by atoms with E-state index < -0.39 is 4.92 Å². The van der Waals surface area contributed by atoms with Gasteiger partial charge >= 0.3 is 0 Å². The lowest BCUT2D eigenvalue weighted by molar-refractivity contribution is -0.385. The number of nitro groups is 1. The monoisotopic (exact) mass is 282 g/mol. The fraction of sp³-hybridized carbons (Fsp3) is 0.188. The Morgan fingerprint density at radius 3 is 2.67 bits per heavy atom. The summed E-state index contributed by atoms with van der Waals surface area (Å²) in [5.41, 5.74) is 3.05. The van der Waals surface area contributed by atoms with Crippen LogP contribution < -0.4 is 4.74 Å². The molecule has 5 nitrogen and oxygen atoms in total. The molecule has 0 aliphatic rings. The van der Waals surface area contributed by atoms with Crippen LogP contribution in [0.4, 0.5) is 5.69 Å². The van der Waals surface area contributed by atoms with Gasteiger partial charge in [0.05, 0.1) is 22.1 Å². The second-order valence-corrected chi connectivity index (χ2v) is 4.70. The summed E-state index contributed by atoms with van der Waals surface area (Å²) in [6.07, 6.45) is 0. The molecule has 0 aromatic heterocycles. The van der Waals surface area contributed by atoms with Crippen molar-refractivity contribution in [2.24, 2.45) is 0 Å². The van der Waals surface area contributed by atoms with E-state index >= 15 is 0 Å². The van der Waals surface area contributed by atoms with Crippen LogP contribution >= 0.6 is 0 Å². The molecule has 21 heavy (non-hydrogen) atoms. The Kier molecular flexibility index (Phi) is 4.19. The summed E-state index contributed by atoms with van der Waals surface area (Å²) >= 11 is 0. The van der Waals surface area contributed by atoms with Crippen LogP contribution in [0.25, 0.3) is 0 Å². The van der Waals surface area contributed by atoms with Crippen molar-refractivity contribution < 1.29 is 9.66 Å². The lowest BCUT2D eigenvalue weighted by Gasteiger charge is -2.11. The minimum atomic E-state index is -0.421. The van der Waals surface area contributed by atoms with Gasteiger partial charge in [0.15, 0.2) is 0 Å². The van der Waals surface area contributed by atoms with Gasteiger partial charge in [0.25, 0.3) is 5.69 Å². The lowest BCUT2D eigenvalue weighted by Crippen LogP contribution is -2.01. The first-order chi connectivity index (χ1) is 10.0. The Hall–Kier alpha value is -2.87. The van der Waals surface area contributed by atoms with Gasteiger partial charge in [-0.1, -0.05) is 12.1 Å². The third-order valence-corrected chi connectivity index (χ3v) is 3.31. The summed E-state index contributed by atoms with van der Waals surface area (Å²) < 4.78 is 5.68. The normalized spacial score (nSPS) is 9.95. The number of hydrogen-bond acceptors (Lipinski definition) is 4. The number of nitrogens with zero attached hydrogens (tertiary/aromatic N) is 2. The number of benzene rings is 2. The highest BCUT2D eigenvalue weighted by Crippen LogP contribution is 2.27. The summed E-state index contributed by atoms with van der Waals surface area (Å²) in [6.45, 7) is 3.87. The Morgan fingerprint density at radius 2 is 2.05 bits per heavy atom. The van der Waals surface area contributed by atoms with E-state index in [0.29, 0.717) is 23.5 Å². The molecular formula is C16H14N2O3. The highest BCUT2D eigenvalue weighted by molar-refractivity contribution is 5.48. The smallest absolute Gasteiger partial charge is 0.276 e. The van der Waals surface area contributed by atoms with Gasteiger partial charge in [-0.15, -0.1) is 0 Å². The molecule has 0 atom stereocenters. The number of ether oxygens (including phenoxy) is 1. The van der Waals surface area contributed by atoms with Crippen molar-refractivity contribution in [3.8, 4) is 11.8 Å². The van der Waals surface area contributed by atoms with E-state index in [-0.39, 0.29) is 5.69 Å². The molecule has 0 unspecified atom stereocenters. The van der Waals surface area contributed by atoms with E-state index in [1.165, 1.54) is 6.07 Å².